The molecule has 0 radical (unpaired) electrons. The molecule has 4 amide bonds. The van der Waals surface area contributed by atoms with Crippen LogP contribution in [-0.4, -0.2) is 49.4 Å². The number of rotatable bonds is 11. The largest absolute Gasteiger partial charge is 0.489 e. The second-order valence-electron chi connectivity index (χ2n) is 15.8. The number of carbonyl (C=O) groups excluding carboxylic acids is 4. The van der Waals surface area contributed by atoms with Crippen molar-refractivity contribution in [1.29, 1.82) is 0 Å². The Morgan fingerprint density at radius 2 is 1.03 bits per heavy atom. The lowest BCUT2D eigenvalue weighted by molar-refractivity contribution is -0.124. The van der Waals surface area contributed by atoms with Crippen LogP contribution < -0.4 is 20.1 Å². The number of hydrogen-bond acceptors (Lipinski definition) is 10. The van der Waals surface area contributed by atoms with E-state index in [1.54, 1.807) is 60.8 Å². The van der Waals surface area contributed by atoms with Crippen molar-refractivity contribution in [3.05, 3.63) is 204 Å². The molecule has 0 saturated heterocycles. The van der Waals surface area contributed by atoms with E-state index in [4.69, 9.17) is 20.2 Å². The van der Waals surface area contributed by atoms with Crippen LogP contribution in [0.15, 0.2) is 180 Å². The Hall–Kier alpha value is -8.05. The third-order valence-electron chi connectivity index (χ3n) is 10.9. The van der Waals surface area contributed by atoms with Crippen LogP contribution >= 0.6 is 10.7 Å². The number of nitrogens with zero attached hydrogens (tertiary/aromatic N) is 1. The van der Waals surface area contributed by atoms with E-state index in [1.807, 2.05) is 92.7 Å². The lowest BCUT2D eigenvalue weighted by atomic mass is 10.1. The molecule has 2 aliphatic rings. The Bertz CT molecular complexity index is 3570. The number of fused-ring (bicyclic) bond motifs is 2. The van der Waals surface area contributed by atoms with Crippen LogP contribution in [0.2, 0.25) is 0 Å². The number of halogens is 1. The van der Waals surface area contributed by atoms with Gasteiger partial charge in [0.1, 0.15) is 24.7 Å². The molecule has 2 aromatic heterocycles. The van der Waals surface area contributed by atoms with Crippen LogP contribution in [0.25, 0.3) is 33.0 Å². The highest BCUT2D eigenvalue weighted by Gasteiger charge is 2.29. The van der Waals surface area contributed by atoms with Gasteiger partial charge in [-0.3, -0.25) is 29.8 Å². The number of ether oxygens (including phenoxy) is 2. The van der Waals surface area contributed by atoms with Crippen LogP contribution in [0, 0.1) is 13.8 Å². The fourth-order valence-corrected chi connectivity index (χ4v) is 9.46. The number of carbonyl (C=O) groups is 4. The van der Waals surface area contributed by atoms with Crippen molar-refractivity contribution in [1.82, 2.24) is 19.6 Å². The van der Waals surface area contributed by atoms with Gasteiger partial charge in [0, 0.05) is 62.6 Å². The lowest BCUT2D eigenvalue weighted by Gasteiger charge is -2.09. The molecule has 0 aliphatic carbocycles. The number of H-pyrrole nitrogens is 1. The number of benzene rings is 6. The molecule has 348 valence electrons. The summed E-state index contributed by atoms with van der Waals surface area (Å²) in [6, 6.07) is 43.1. The van der Waals surface area contributed by atoms with Gasteiger partial charge in [-0.2, -0.15) is 0 Å². The van der Waals surface area contributed by atoms with E-state index < -0.39 is 30.9 Å². The van der Waals surface area contributed by atoms with Crippen molar-refractivity contribution in [2.75, 3.05) is 0 Å². The summed E-state index contributed by atoms with van der Waals surface area (Å²) in [6.07, 6.45) is 5.61. The van der Waals surface area contributed by atoms with E-state index in [-0.39, 0.29) is 27.2 Å². The van der Waals surface area contributed by atoms with Crippen molar-refractivity contribution < 1.29 is 45.5 Å². The smallest absolute Gasteiger partial charge is 0.268 e. The zero-order chi connectivity index (χ0) is 48.9. The number of aromatic nitrogens is 2. The van der Waals surface area contributed by atoms with Gasteiger partial charge in [-0.25, -0.2) is 20.8 Å². The van der Waals surface area contributed by atoms with Crippen molar-refractivity contribution in [3.8, 4) is 11.5 Å². The van der Waals surface area contributed by atoms with Crippen LogP contribution in [0.1, 0.15) is 33.4 Å². The van der Waals surface area contributed by atoms with E-state index in [1.165, 1.54) is 30.5 Å². The zero-order valence-corrected chi connectivity index (χ0v) is 39.2. The van der Waals surface area contributed by atoms with Crippen LogP contribution in [-0.2, 0) is 51.5 Å². The topological polar surface area (TPSA) is 200 Å². The first-order valence-electron chi connectivity index (χ1n) is 21.1. The summed E-state index contributed by atoms with van der Waals surface area (Å²) in [5, 5.41) is 5.81. The molecule has 2 aliphatic heterocycles. The molecule has 14 nitrogen and oxygen atoms in total. The van der Waals surface area contributed by atoms with Crippen molar-refractivity contribution in [2.24, 2.45) is 0 Å². The number of aromatic amines is 1. The third-order valence-corrected chi connectivity index (χ3v) is 13.9. The van der Waals surface area contributed by atoms with Crippen molar-refractivity contribution in [3.63, 3.8) is 0 Å². The lowest BCUT2D eigenvalue weighted by Crippen LogP contribution is -2.21. The molecule has 4 heterocycles. The number of amides is 4. The summed E-state index contributed by atoms with van der Waals surface area (Å²) >= 11 is 0. The van der Waals surface area contributed by atoms with E-state index in [2.05, 4.69) is 15.6 Å². The quantitative estimate of drug-likeness (QED) is 0.0834. The van der Waals surface area contributed by atoms with Crippen molar-refractivity contribution >= 4 is 86.3 Å². The summed E-state index contributed by atoms with van der Waals surface area (Å²) in [6.45, 7) is 4.54. The first kappa shape index (κ1) is 47.4. The van der Waals surface area contributed by atoms with Gasteiger partial charge < -0.3 is 14.5 Å². The van der Waals surface area contributed by atoms with Gasteiger partial charge in [-0.1, -0.05) is 96.1 Å². The Balaban J connectivity index is 0.000000158. The standard InChI is InChI=1S/C26H20N2O5S.C19H14N2O3.C7H7ClO2S/c1-17-7-10-20(11-8-17)34(31,32)28-15-23(22-14-25(29)27-26(22)30)21-13-19(9-12-24(21)28)33-16-18-5-3-2-4-6-18;22-18-9-15(19(23)21-18)16-10-20-17-7-6-13(8-14(16)17)24-11-12-4-2-1-3-5-12;1-6-2-4-7(5-3-6)11(8,9)10/h2-15H,16H2,1H3,(H,27,29,30);1-10,20H,11H2,(H,21,22,23);2-5H,1H3. The number of imide groups is 2. The first-order chi connectivity index (χ1) is 33.0. The van der Waals surface area contributed by atoms with Gasteiger partial charge in [-0.05, 0) is 85.6 Å². The SMILES string of the molecule is Cc1ccc(S(=O)(=O)Cl)cc1.Cc1ccc(S(=O)(=O)n2cc(C3=CC(=O)NC3=O)c3cc(OCc4ccccc4)ccc32)cc1.O=C1C=C(c2c[nH]c3ccc(OCc4ccccc4)cc23)C(=O)N1. The molecule has 17 heteroatoms. The minimum atomic E-state index is -3.96. The molecule has 0 saturated carbocycles. The molecule has 0 unspecified atom stereocenters. The summed E-state index contributed by atoms with van der Waals surface area (Å²) in [5.74, 6) is -0.672. The van der Waals surface area contributed by atoms with Gasteiger partial charge >= 0.3 is 0 Å². The normalized spacial score (nSPS) is 13.4. The highest BCUT2D eigenvalue weighted by Crippen LogP contribution is 2.35. The Kier molecular flexibility index (Phi) is 13.8. The van der Waals surface area contributed by atoms with Crippen molar-refractivity contribution in [2.45, 2.75) is 36.9 Å². The minimum absolute atomic E-state index is 0.105. The monoisotopic (exact) mass is 980 g/mol. The minimum Gasteiger partial charge on any atom is -0.489 e. The zero-order valence-electron chi connectivity index (χ0n) is 36.8. The van der Waals surface area contributed by atoms with Crippen LogP contribution in [0.5, 0.6) is 11.5 Å². The van der Waals surface area contributed by atoms with Gasteiger partial charge in [0.05, 0.1) is 26.5 Å². The molecule has 0 atom stereocenters. The molecule has 10 rings (SSSR count). The molecule has 6 aromatic carbocycles. The Morgan fingerprint density at radius 1 is 0.551 bits per heavy atom. The van der Waals surface area contributed by atoms with Crippen LogP contribution in [0.3, 0.4) is 0 Å². The van der Waals surface area contributed by atoms with Crippen LogP contribution in [0.4, 0.5) is 0 Å². The van der Waals surface area contributed by atoms with E-state index >= 15 is 0 Å². The Labute approximate surface area is 401 Å². The average Bonchev–Trinajstić information content (AvgIpc) is 4.11. The summed E-state index contributed by atoms with van der Waals surface area (Å²) in [7, 11) is -2.42. The third kappa shape index (κ3) is 11.1. The molecule has 8 aromatic rings. The molecule has 69 heavy (non-hydrogen) atoms. The molecular weight excluding hydrogens is 940 g/mol. The summed E-state index contributed by atoms with van der Waals surface area (Å²) in [4.78, 5) is 50.8. The van der Waals surface area contributed by atoms with E-state index in [0.717, 1.165) is 37.1 Å². The second kappa shape index (κ2) is 20.0. The first-order valence-corrected chi connectivity index (χ1v) is 24.9. The maximum atomic E-state index is 13.5. The maximum absolute atomic E-state index is 13.5. The highest BCUT2D eigenvalue weighted by molar-refractivity contribution is 8.13. The molecule has 3 N–H and O–H groups in total. The molecule has 0 bridgehead atoms. The van der Waals surface area contributed by atoms with Gasteiger partial charge in [0.25, 0.3) is 42.7 Å². The number of nitrogens with one attached hydrogen (secondary N) is 3. The predicted octanol–water partition coefficient (Wildman–Crippen LogP) is 8.51. The average molecular weight is 982 g/mol. The van der Waals surface area contributed by atoms with E-state index in [0.29, 0.717) is 52.3 Å². The maximum Gasteiger partial charge on any atom is 0.268 e. The fourth-order valence-electron chi connectivity index (χ4n) is 7.33. The summed E-state index contributed by atoms with van der Waals surface area (Å²) in [5.41, 5.74) is 6.75. The molecule has 0 spiro atoms. The highest BCUT2D eigenvalue weighted by atomic mass is 35.7. The van der Waals surface area contributed by atoms with Gasteiger partial charge in [0.15, 0.2) is 0 Å². The van der Waals surface area contributed by atoms with E-state index in [9.17, 15) is 36.0 Å². The second-order valence-corrected chi connectivity index (χ2v) is 20.2. The fraction of sp³-hybridized carbons (Fsp3) is 0.0769. The number of aryl methyl sites for hydroxylation is 2. The van der Waals surface area contributed by atoms with Gasteiger partial charge in [-0.15, -0.1) is 0 Å². The van der Waals surface area contributed by atoms with Gasteiger partial charge in [0.2, 0.25) is 0 Å². The molecule has 0 fully saturated rings. The Morgan fingerprint density at radius 3 is 1.52 bits per heavy atom. The number of hydrogen-bond donors (Lipinski definition) is 3. The predicted molar refractivity (Wildman–Crippen MR) is 262 cm³/mol. The summed E-state index contributed by atoms with van der Waals surface area (Å²) < 4.78 is 61.3. The molecular formula is C52H41ClN4O10S2.